The van der Waals surface area contributed by atoms with Crippen LogP contribution in [0.4, 0.5) is 20.6 Å². The lowest BCUT2D eigenvalue weighted by atomic mass is 9.71. The summed E-state index contributed by atoms with van der Waals surface area (Å²) in [4.78, 5) is 28.9. The minimum Gasteiger partial charge on any atom is -0.453 e. The number of carbonyl (C=O) groups is 2. The van der Waals surface area contributed by atoms with Crippen LogP contribution in [-0.2, 0) is 19.4 Å². The van der Waals surface area contributed by atoms with Gasteiger partial charge in [0.25, 0.3) is 0 Å². The number of likely N-dealkylation sites (tertiary alicyclic amines) is 1. The van der Waals surface area contributed by atoms with Crippen molar-refractivity contribution in [3.8, 4) is 0 Å². The number of rotatable bonds is 11. The second-order valence-corrected chi connectivity index (χ2v) is 15.5. The van der Waals surface area contributed by atoms with Crippen molar-refractivity contribution in [3.63, 3.8) is 0 Å². The van der Waals surface area contributed by atoms with E-state index in [-0.39, 0.29) is 33.5 Å². The molecule has 260 valence electrons. The van der Waals surface area contributed by atoms with Crippen LogP contribution >= 0.6 is 0 Å². The summed E-state index contributed by atoms with van der Waals surface area (Å²) in [6, 6.07) is 20.2. The van der Waals surface area contributed by atoms with Gasteiger partial charge >= 0.3 is 6.09 Å². The Bertz CT molecular complexity index is 1750. The highest BCUT2D eigenvalue weighted by Gasteiger charge is 2.41. The Balaban J connectivity index is 1.02. The number of alkyl carbamates (subject to hydrolysis) is 1. The summed E-state index contributed by atoms with van der Waals surface area (Å²) in [5.41, 5.74) is 2.41. The van der Waals surface area contributed by atoms with E-state index < -0.39 is 21.8 Å². The molecule has 2 aliphatic heterocycles. The number of nitrogens with zero attached hydrogens (tertiary/aromatic N) is 2. The van der Waals surface area contributed by atoms with Gasteiger partial charge in [0.05, 0.1) is 16.9 Å². The van der Waals surface area contributed by atoms with Gasteiger partial charge in [-0.2, -0.15) is 0 Å². The van der Waals surface area contributed by atoms with E-state index in [4.69, 9.17) is 4.74 Å². The molecule has 1 unspecified atom stereocenters. The SMILES string of the molecule is C=CC(=O)Nc1cccc(S(=O)(=O)c2ccc(N3CC(CN4CCC(C(c5cccc(F)c5)[C@H]5CCC[C@@H]5NC(=O)OC)CC4)C3)cc2)c1. The third-order valence-electron chi connectivity index (χ3n) is 10.5. The largest absolute Gasteiger partial charge is 0.453 e. The van der Waals surface area contributed by atoms with Crippen molar-refractivity contribution in [2.24, 2.45) is 17.8 Å². The van der Waals surface area contributed by atoms with Crippen LogP contribution in [0.5, 0.6) is 0 Å². The number of hydrogen-bond donors (Lipinski definition) is 2. The second kappa shape index (κ2) is 15.1. The van der Waals surface area contributed by atoms with Gasteiger partial charge in [0, 0.05) is 43.0 Å². The highest BCUT2D eigenvalue weighted by atomic mass is 32.2. The standard InChI is InChI=1S/C38H45FN4O5S/c1-3-36(44)40-30-9-5-10-33(22-30)49(46,47)32-15-13-31(14-16-32)43-24-26(25-43)23-42-19-17-27(18-20-42)37(28-7-4-8-29(39)21-28)34-11-6-12-35(34)41-38(45)48-2/h3-5,7-10,13-16,21-22,26-27,34-35,37H,1,6,11-12,17-20,23-25H2,2H3,(H,40,44)(H,41,45)/t34-,35-,37?/m0/s1. The number of amides is 2. The zero-order valence-electron chi connectivity index (χ0n) is 27.9. The molecule has 0 bridgehead atoms. The number of halogens is 1. The zero-order chi connectivity index (χ0) is 34.5. The zero-order valence-corrected chi connectivity index (χ0v) is 28.7. The van der Waals surface area contributed by atoms with Gasteiger partial charge in [-0.3, -0.25) is 4.79 Å². The fourth-order valence-corrected chi connectivity index (χ4v) is 9.36. The van der Waals surface area contributed by atoms with Crippen LogP contribution in [0.2, 0.25) is 0 Å². The van der Waals surface area contributed by atoms with Gasteiger partial charge in [0.15, 0.2) is 0 Å². The number of piperidine rings is 1. The number of hydrogen-bond acceptors (Lipinski definition) is 7. The third kappa shape index (κ3) is 7.99. The molecule has 3 aromatic carbocycles. The maximum Gasteiger partial charge on any atom is 0.407 e. The fourth-order valence-electron chi connectivity index (χ4n) is 8.05. The molecule has 0 radical (unpaired) electrons. The first-order chi connectivity index (χ1) is 23.6. The molecule has 3 fully saturated rings. The Kier molecular flexibility index (Phi) is 10.7. The first kappa shape index (κ1) is 34.6. The average Bonchev–Trinajstić information content (AvgIpc) is 3.54. The topological polar surface area (TPSA) is 108 Å². The van der Waals surface area contributed by atoms with E-state index in [0.717, 1.165) is 82.2 Å². The van der Waals surface area contributed by atoms with Crippen LogP contribution in [0.25, 0.3) is 0 Å². The van der Waals surface area contributed by atoms with Gasteiger partial charge < -0.3 is 25.2 Å². The number of methoxy groups -OCH3 is 1. The van der Waals surface area contributed by atoms with Gasteiger partial charge in [-0.15, -0.1) is 0 Å². The van der Waals surface area contributed by atoms with Crippen LogP contribution in [-0.4, -0.2) is 71.2 Å². The van der Waals surface area contributed by atoms with E-state index in [1.165, 1.54) is 25.3 Å². The van der Waals surface area contributed by atoms with Crippen molar-refractivity contribution in [2.45, 2.75) is 53.9 Å². The predicted octanol–water partition coefficient (Wildman–Crippen LogP) is 6.24. The quantitative estimate of drug-likeness (QED) is 0.230. The Hall–Kier alpha value is -4.22. The summed E-state index contributed by atoms with van der Waals surface area (Å²) in [5, 5.41) is 5.67. The molecule has 0 aromatic heterocycles. The van der Waals surface area contributed by atoms with Gasteiger partial charge in [-0.1, -0.05) is 31.2 Å². The number of ether oxygens (including phenoxy) is 1. The van der Waals surface area contributed by atoms with E-state index in [9.17, 15) is 22.4 Å². The molecule has 9 nitrogen and oxygen atoms in total. The maximum absolute atomic E-state index is 14.4. The number of nitrogens with one attached hydrogen (secondary N) is 2. The summed E-state index contributed by atoms with van der Waals surface area (Å²) < 4.78 is 45.9. The normalized spacial score (nSPS) is 21.1. The maximum atomic E-state index is 14.4. The van der Waals surface area contributed by atoms with Crippen molar-refractivity contribution in [1.29, 1.82) is 0 Å². The minimum atomic E-state index is -3.76. The Morgan fingerprint density at radius 2 is 1.71 bits per heavy atom. The number of sulfone groups is 1. The Labute approximate surface area is 288 Å². The van der Waals surface area contributed by atoms with Gasteiger partial charge in [-0.25, -0.2) is 17.6 Å². The van der Waals surface area contributed by atoms with E-state index in [0.29, 0.717) is 17.5 Å². The summed E-state index contributed by atoms with van der Waals surface area (Å²) in [6.45, 7) is 8.23. The van der Waals surface area contributed by atoms with Gasteiger partial charge in [0.1, 0.15) is 5.82 Å². The lowest BCUT2D eigenvalue weighted by Gasteiger charge is -2.45. The van der Waals surface area contributed by atoms with Crippen molar-refractivity contribution in [1.82, 2.24) is 10.2 Å². The van der Waals surface area contributed by atoms with Crippen molar-refractivity contribution in [3.05, 3.63) is 96.8 Å². The van der Waals surface area contributed by atoms with Crippen LogP contribution in [0.3, 0.4) is 0 Å². The molecule has 1 aliphatic carbocycles. The van der Waals surface area contributed by atoms with Crippen molar-refractivity contribution < 1.29 is 27.1 Å². The molecule has 2 amide bonds. The molecule has 2 N–H and O–H groups in total. The molecule has 0 spiro atoms. The van der Waals surface area contributed by atoms with E-state index in [1.807, 2.05) is 18.2 Å². The van der Waals surface area contributed by atoms with Crippen LogP contribution in [0.15, 0.2) is 95.2 Å². The Morgan fingerprint density at radius 1 is 0.980 bits per heavy atom. The molecule has 3 aromatic rings. The predicted molar refractivity (Wildman–Crippen MR) is 188 cm³/mol. The molecular weight excluding hydrogens is 644 g/mol. The van der Waals surface area contributed by atoms with Crippen LogP contribution < -0.4 is 15.5 Å². The first-order valence-electron chi connectivity index (χ1n) is 17.1. The molecule has 6 rings (SSSR count). The molecule has 11 heteroatoms. The first-order valence-corrected chi connectivity index (χ1v) is 18.6. The number of carbonyl (C=O) groups excluding carboxylic acids is 2. The highest BCUT2D eigenvalue weighted by molar-refractivity contribution is 7.91. The number of benzene rings is 3. The van der Waals surface area contributed by atoms with Crippen LogP contribution in [0.1, 0.15) is 43.6 Å². The third-order valence-corrected chi connectivity index (χ3v) is 12.2. The fraction of sp³-hybridized carbons (Fsp3) is 0.421. The second-order valence-electron chi connectivity index (χ2n) is 13.5. The summed E-state index contributed by atoms with van der Waals surface area (Å²) in [5.74, 6) is 0.724. The highest BCUT2D eigenvalue weighted by Crippen LogP contribution is 2.45. The summed E-state index contributed by atoms with van der Waals surface area (Å²) >= 11 is 0. The summed E-state index contributed by atoms with van der Waals surface area (Å²) in [7, 11) is -2.37. The molecule has 2 saturated heterocycles. The molecular formula is C38H45FN4O5S. The van der Waals surface area contributed by atoms with E-state index in [2.05, 4.69) is 27.0 Å². The van der Waals surface area contributed by atoms with Gasteiger partial charge in [-0.05, 0) is 123 Å². The molecule has 49 heavy (non-hydrogen) atoms. The number of anilines is 2. The summed E-state index contributed by atoms with van der Waals surface area (Å²) in [6.07, 6.45) is 5.73. The molecule has 2 heterocycles. The molecule has 3 aliphatic rings. The van der Waals surface area contributed by atoms with Crippen molar-refractivity contribution >= 4 is 33.2 Å². The molecule has 1 saturated carbocycles. The lowest BCUT2D eigenvalue weighted by Crippen LogP contribution is -2.52. The van der Waals surface area contributed by atoms with Gasteiger partial charge in [0.2, 0.25) is 15.7 Å². The van der Waals surface area contributed by atoms with Crippen molar-refractivity contribution in [2.75, 3.05) is 50.1 Å². The van der Waals surface area contributed by atoms with Crippen LogP contribution in [0, 0.1) is 23.6 Å². The minimum absolute atomic E-state index is 0.0247. The van der Waals surface area contributed by atoms with E-state index in [1.54, 1.807) is 36.4 Å². The monoisotopic (exact) mass is 688 g/mol. The molecule has 3 atom stereocenters. The smallest absolute Gasteiger partial charge is 0.407 e. The average molecular weight is 689 g/mol. The van der Waals surface area contributed by atoms with E-state index >= 15 is 0 Å². The Morgan fingerprint density at radius 3 is 2.41 bits per heavy atom. The lowest BCUT2D eigenvalue weighted by molar-refractivity contribution is -0.111.